The van der Waals surface area contributed by atoms with Crippen molar-refractivity contribution in [2.45, 2.75) is 32.4 Å². The molecular formula is C14H21NO. The first kappa shape index (κ1) is 11.6. The van der Waals surface area contributed by atoms with E-state index in [4.69, 9.17) is 4.74 Å². The highest BCUT2D eigenvalue weighted by atomic mass is 16.5. The third kappa shape index (κ3) is 2.28. The molecule has 2 heteroatoms. The van der Waals surface area contributed by atoms with Gasteiger partial charge in [0, 0.05) is 18.6 Å². The van der Waals surface area contributed by atoms with Crippen molar-refractivity contribution in [2.24, 2.45) is 5.92 Å². The first-order valence-electron chi connectivity index (χ1n) is 6.08. The fourth-order valence-corrected chi connectivity index (χ4v) is 2.68. The summed E-state index contributed by atoms with van der Waals surface area (Å²) in [6.45, 7) is 5.22. The van der Waals surface area contributed by atoms with Gasteiger partial charge >= 0.3 is 0 Å². The molecule has 0 aromatic heterocycles. The molecule has 0 radical (unpaired) electrons. The topological polar surface area (TPSA) is 21.3 Å². The molecule has 1 fully saturated rings. The Kier molecular flexibility index (Phi) is 3.62. The van der Waals surface area contributed by atoms with Gasteiger partial charge in [0.2, 0.25) is 0 Å². The van der Waals surface area contributed by atoms with Crippen molar-refractivity contribution in [3.05, 3.63) is 35.4 Å². The minimum absolute atomic E-state index is 0.359. The lowest BCUT2D eigenvalue weighted by molar-refractivity contribution is 0.0963. The fraction of sp³-hybridized carbons (Fsp3) is 0.571. The third-order valence-electron chi connectivity index (χ3n) is 3.58. The second kappa shape index (κ2) is 4.98. The second-order valence-electron chi connectivity index (χ2n) is 4.71. The van der Waals surface area contributed by atoms with E-state index in [-0.39, 0.29) is 0 Å². The number of nitrogens with one attached hydrogen (secondary N) is 1. The van der Waals surface area contributed by atoms with Crippen molar-refractivity contribution in [1.29, 1.82) is 0 Å². The van der Waals surface area contributed by atoms with Crippen molar-refractivity contribution in [3.8, 4) is 0 Å². The van der Waals surface area contributed by atoms with Gasteiger partial charge in [0.1, 0.15) is 0 Å². The number of benzene rings is 1. The molecule has 2 rings (SSSR count). The first-order chi connectivity index (χ1) is 7.72. The molecule has 0 spiro atoms. The van der Waals surface area contributed by atoms with Gasteiger partial charge in [-0.2, -0.15) is 0 Å². The smallest absolute Gasteiger partial charge is 0.0594 e. The van der Waals surface area contributed by atoms with Crippen LogP contribution in [-0.2, 0) is 4.74 Å². The van der Waals surface area contributed by atoms with Crippen LogP contribution < -0.4 is 5.32 Å². The summed E-state index contributed by atoms with van der Waals surface area (Å²) in [7, 11) is 2.04. The molecule has 0 saturated carbocycles. The molecule has 2 nitrogen and oxygen atoms in total. The number of hydrogen-bond acceptors (Lipinski definition) is 2. The van der Waals surface area contributed by atoms with Gasteiger partial charge < -0.3 is 10.1 Å². The van der Waals surface area contributed by atoms with Crippen LogP contribution in [0.3, 0.4) is 0 Å². The van der Waals surface area contributed by atoms with Crippen LogP contribution in [0.2, 0.25) is 0 Å². The molecule has 16 heavy (non-hydrogen) atoms. The molecule has 3 atom stereocenters. The average molecular weight is 219 g/mol. The Morgan fingerprint density at radius 2 is 2.25 bits per heavy atom. The molecule has 0 bridgehead atoms. The summed E-state index contributed by atoms with van der Waals surface area (Å²) in [6.07, 6.45) is 1.51. The van der Waals surface area contributed by atoms with Gasteiger partial charge in [-0.05, 0) is 32.9 Å². The van der Waals surface area contributed by atoms with Crippen LogP contribution in [-0.4, -0.2) is 19.8 Å². The van der Waals surface area contributed by atoms with Crippen LogP contribution in [0, 0.1) is 12.8 Å². The Balaban J connectivity index is 2.21. The Bertz CT molecular complexity index is 350. The molecule has 0 aliphatic carbocycles. The largest absolute Gasteiger partial charge is 0.378 e. The molecular weight excluding hydrogens is 198 g/mol. The zero-order valence-corrected chi connectivity index (χ0v) is 10.4. The monoisotopic (exact) mass is 219 g/mol. The lowest BCUT2D eigenvalue weighted by Crippen LogP contribution is -2.29. The highest BCUT2D eigenvalue weighted by molar-refractivity contribution is 5.26. The SMILES string of the molecule is CNC(c1cccc(C)c1)C1CCOC1C. The summed E-state index contributed by atoms with van der Waals surface area (Å²) in [5.74, 6) is 0.590. The predicted octanol–water partition coefficient (Wildman–Crippen LogP) is 2.68. The summed E-state index contributed by atoms with van der Waals surface area (Å²) >= 11 is 0. The van der Waals surface area contributed by atoms with Crippen LogP contribution >= 0.6 is 0 Å². The minimum atomic E-state index is 0.359. The second-order valence-corrected chi connectivity index (χ2v) is 4.71. The van der Waals surface area contributed by atoms with Crippen LogP contribution in [0.15, 0.2) is 24.3 Å². The van der Waals surface area contributed by atoms with Crippen LogP contribution in [0.25, 0.3) is 0 Å². The van der Waals surface area contributed by atoms with E-state index in [1.54, 1.807) is 0 Å². The third-order valence-corrected chi connectivity index (χ3v) is 3.58. The van der Waals surface area contributed by atoms with Gasteiger partial charge in [-0.3, -0.25) is 0 Å². The zero-order chi connectivity index (χ0) is 11.5. The van der Waals surface area contributed by atoms with Gasteiger partial charge in [-0.25, -0.2) is 0 Å². The molecule has 1 aliphatic heterocycles. The quantitative estimate of drug-likeness (QED) is 0.844. The van der Waals surface area contributed by atoms with Gasteiger partial charge in [0.25, 0.3) is 0 Å². The lowest BCUT2D eigenvalue weighted by atomic mass is 9.88. The molecule has 0 amide bonds. The first-order valence-corrected chi connectivity index (χ1v) is 6.08. The molecule has 1 aliphatic rings. The van der Waals surface area contributed by atoms with Gasteiger partial charge in [0.05, 0.1) is 6.10 Å². The molecule has 1 saturated heterocycles. The molecule has 1 N–H and O–H groups in total. The highest BCUT2D eigenvalue weighted by Gasteiger charge is 2.31. The van der Waals surface area contributed by atoms with E-state index >= 15 is 0 Å². The van der Waals surface area contributed by atoms with Crippen LogP contribution in [0.1, 0.15) is 30.5 Å². The van der Waals surface area contributed by atoms with Crippen molar-refractivity contribution < 1.29 is 4.74 Å². The minimum Gasteiger partial charge on any atom is -0.378 e. The van der Waals surface area contributed by atoms with E-state index in [0.29, 0.717) is 18.1 Å². The van der Waals surface area contributed by atoms with Gasteiger partial charge in [0.15, 0.2) is 0 Å². The summed E-state index contributed by atoms with van der Waals surface area (Å²) in [6, 6.07) is 9.17. The lowest BCUT2D eigenvalue weighted by Gasteiger charge is -2.26. The fourth-order valence-electron chi connectivity index (χ4n) is 2.68. The molecule has 1 aromatic carbocycles. The zero-order valence-electron chi connectivity index (χ0n) is 10.4. The predicted molar refractivity (Wildman–Crippen MR) is 66.5 cm³/mol. The maximum Gasteiger partial charge on any atom is 0.0594 e. The normalized spacial score (nSPS) is 26.9. The summed E-state index contributed by atoms with van der Waals surface area (Å²) in [4.78, 5) is 0. The van der Waals surface area contributed by atoms with E-state index in [2.05, 4.69) is 43.4 Å². The summed E-state index contributed by atoms with van der Waals surface area (Å²) < 4.78 is 5.66. The number of rotatable bonds is 3. The summed E-state index contributed by atoms with van der Waals surface area (Å²) in [5.41, 5.74) is 2.70. The Labute approximate surface area is 98.0 Å². The Hall–Kier alpha value is -0.860. The Morgan fingerprint density at radius 1 is 1.44 bits per heavy atom. The maximum absolute atomic E-state index is 5.66. The van der Waals surface area contributed by atoms with Crippen LogP contribution in [0.4, 0.5) is 0 Å². The molecule has 3 unspecified atom stereocenters. The van der Waals surface area contributed by atoms with E-state index in [1.807, 2.05) is 7.05 Å². The van der Waals surface area contributed by atoms with Crippen molar-refractivity contribution in [1.82, 2.24) is 5.32 Å². The van der Waals surface area contributed by atoms with Crippen molar-refractivity contribution in [3.63, 3.8) is 0 Å². The van der Waals surface area contributed by atoms with Gasteiger partial charge in [-0.15, -0.1) is 0 Å². The average Bonchev–Trinajstić information content (AvgIpc) is 2.67. The van der Waals surface area contributed by atoms with Crippen LogP contribution in [0.5, 0.6) is 0 Å². The maximum atomic E-state index is 5.66. The standard InChI is InChI=1S/C14H21NO/c1-10-5-4-6-12(9-10)14(15-3)13-7-8-16-11(13)2/h4-6,9,11,13-15H,7-8H2,1-3H3. The van der Waals surface area contributed by atoms with Crippen molar-refractivity contribution in [2.75, 3.05) is 13.7 Å². The van der Waals surface area contributed by atoms with E-state index in [0.717, 1.165) is 13.0 Å². The number of aryl methyl sites for hydroxylation is 1. The van der Waals surface area contributed by atoms with E-state index in [9.17, 15) is 0 Å². The van der Waals surface area contributed by atoms with Gasteiger partial charge in [-0.1, -0.05) is 29.8 Å². The summed E-state index contributed by atoms with van der Waals surface area (Å²) in [5, 5.41) is 3.44. The number of hydrogen-bond donors (Lipinski definition) is 1. The van der Waals surface area contributed by atoms with E-state index in [1.165, 1.54) is 11.1 Å². The Morgan fingerprint density at radius 3 is 2.81 bits per heavy atom. The van der Waals surface area contributed by atoms with Crippen molar-refractivity contribution >= 4 is 0 Å². The molecule has 1 heterocycles. The van der Waals surface area contributed by atoms with E-state index < -0.39 is 0 Å². The number of ether oxygens (including phenoxy) is 1. The highest BCUT2D eigenvalue weighted by Crippen LogP contribution is 2.33. The molecule has 88 valence electrons. The molecule has 1 aromatic rings.